The number of rotatable bonds is 2. The molecule has 0 spiro atoms. The summed E-state index contributed by atoms with van der Waals surface area (Å²) in [4.78, 5) is 4.80. The number of anilines is 1. The number of aromatic nitrogens is 2. The number of hydrogen-bond donors (Lipinski definition) is 1. The minimum Gasteiger partial charge on any atom is -0.383 e. The number of benzene rings is 1. The molecule has 0 saturated heterocycles. The molecule has 1 aliphatic rings. The molecule has 1 aliphatic carbocycles. The van der Waals surface area contributed by atoms with Crippen molar-refractivity contribution in [3.8, 4) is 11.3 Å². The van der Waals surface area contributed by atoms with E-state index in [-0.39, 0.29) is 0 Å². The summed E-state index contributed by atoms with van der Waals surface area (Å²) in [6.45, 7) is 0. The van der Waals surface area contributed by atoms with Crippen molar-refractivity contribution >= 4 is 33.3 Å². The third-order valence-electron chi connectivity index (χ3n) is 4.09. The Kier molecular flexibility index (Phi) is 3.78. The summed E-state index contributed by atoms with van der Waals surface area (Å²) in [5.41, 5.74) is 8.04. The molecule has 20 heavy (non-hydrogen) atoms. The van der Waals surface area contributed by atoms with Gasteiger partial charge in [-0.25, -0.2) is 4.98 Å². The lowest BCUT2D eigenvalue weighted by Gasteiger charge is -2.08. The second kappa shape index (κ2) is 5.41. The van der Waals surface area contributed by atoms with Crippen molar-refractivity contribution in [3.05, 3.63) is 33.5 Å². The van der Waals surface area contributed by atoms with Crippen LogP contribution in [0.4, 0.5) is 5.82 Å². The molecule has 1 fully saturated rings. The normalized spacial score (nSPS) is 15.9. The molecule has 0 unspecified atom stereocenters. The van der Waals surface area contributed by atoms with Crippen LogP contribution in [-0.4, -0.2) is 9.55 Å². The van der Waals surface area contributed by atoms with E-state index in [9.17, 15) is 0 Å². The van der Waals surface area contributed by atoms with Gasteiger partial charge in [-0.05, 0) is 40.9 Å². The van der Waals surface area contributed by atoms with Crippen LogP contribution < -0.4 is 5.73 Å². The number of nitrogens with two attached hydrogens (primary N) is 1. The van der Waals surface area contributed by atoms with Gasteiger partial charge in [0.2, 0.25) is 0 Å². The van der Waals surface area contributed by atoms with Crippen molar-refractivity contribution < 1.29 is 0 Å². The van der Waals surface area contributed by atoms with E-state index >= 15 is 0 Å². The fraction of sp³-hybridized carbons (Fsp3) is 0.400. The van der Waals surface area contributed by atoms with Crippen LogP contribution >= 0.6 is 27.5 Å². The molecular weight excluding hydrogens is 338 g/mol. The van der Waals surface area contributed by atoms with Crippen molar-refractivity contribution in [3.63, 3.8) is 0 Å². The number of halogens is 2. The minimum absolute atomic E-state index is 0.543. The molecular formula is C15H17BrClN3. The van der Waals surface area contributed by atoms with Crippen LogP contribution in [0.1, 0.15) is 37.4 Å². The molecule has 0 radical (unpaired) electrons. The smallest absolute Gasteiger partial charge is 0.131 e. The first-order valence-corrected chi connectivity index (χ1v) is 8.02. The van der Waals surface area contributed by atoms with Crippen molar-refractivity contribution in [2.75, 3.05) is 5.73 Å². The van der Waals surface area contributed by atoms with Crippen molar-refractivity contribution in [1.82, 2.24) is 9.55 Å². The molecule has 106 valence electrons. The fourth-order valence-electron chi connectivity index (χ4n) is 2.93. The zero-order chi connectivity index (χ0) is 14.3. The molecule has 1 aromatic carbocycles. The highest BCUT2D eigenvalue weighted by atomic mass is 79.9. The monoisotopic (exact) mass is 353 g/mol. The molecule has 2 aromatic rings. The maximum atomic E-state index is 6.24. The van der Waals surface area contributed by atoms with E-state index in [0.29, 0.717) is 16.8 Å². The van der Waals surface area contributed by atoms with Crippen LogP contribution in [0.25, 0.3) is 11.3 Å². The summed E-state index contributed by atoms with van der Waals surface area (Å²) in [6, 6.07) is 5.83. The molecule has 1 saturated carbocycles. The lowest BCUT2D eigenvalue weighted by molar-refractivity contribution is 0.635. The largest absolute Gasteiger partial charge is 0.383 e. The van der Waals surface area contributed by atoms with Gasteiger partial charge in [-0.3, -0.25) is 0 Å². The van der Waals surface area contributed by atoms with Crippen LogP contribution in [0.15, 0.2) is 22.7 Å². The van der Waals surface area contributed by atoms with Gasteiger partial charge in [0, 0.05) is 23.0 Å². The standard InChI is InChI=1S/C15H17BrClN3/c1-20-14(18)13(10-6-7-11(16)12(17)8-10)19-15(20)9-4-2-3-5-9/h6-9H,2-5,18H2,1H3. The topological polar surface area (TPSA) is 43.8 Å². The molecule has 1 aromatic heterocycles. The first kappa shape index (κ1) is 14.0. The van der Waals surface area contributed by atoms with E-state index in [4.69, 9.17) is 22.3 Å². The Morgan fingerprint density at radius 2 is 2.05 bits per heavy atom. The van der Waals surface area contributed by atoms with Gasteiger partial charge in [0.15, 0.2) is 0 Å². The predicted octanol–water partition coefficient (Wildman–Crippen LogP) is 4.74. The van der Waals surface area contributed by atoms with Crippen LogP contribution in [0, 0.1) is 0 Å². The first-order chi connectivity index (χ1) is 9.58. The highest BCUT2D eigenvalue weighted by molar-refractivity contribution is 9.10. The molecule has 2 N–H and O–H groups in total. The van der Waals surface area contributed by atoms with E-state index < -0.39 is 0 Å². The lowest BCUT2D eigenvalue weighted by Crippen LogP contribution is -2.05. The van der Waals surface area contributed by atoms with Gasteiger partial charge in [0.05, 0.1) is 5.02 Å². The molecule has 1 heterocycles. The number of imidazole rings is 1. The molecule has 3 rings (SSSR count). The fourth-order valence-corrected chi connectivity index (χ4v) is 3.36. The first-order valence-electron chi connectivity index (χ1n) is 6.85. The zero-order valence-corrected chi connectivity index (χ0v) is 13.7. The molecule has 3 nitrogen and oxygen atoms in total. The SMILES string of the molecule is Cn1c(C2CCCC2)nc(-c2ccc(Br)c(Cl)c2)c1N. The maximum absolute atomic E-state index is 6.24. The third kappa shape index (κ3) is 2.35. The summed E-state index contributed by atoms with van der Waals surface area (Å²) in [7, 11) is 2.00. The molecule has 0 aliphatic heterocycles. The number of nitrogen functional groups attached to an aromatic ring is 1. The van der Waals surface area contributed by atoms with Gasteiger partial charge in [0.1, 0.15) is 17.3 Å². The highest BCUT2D eigenvalue weighted by Crippen LogP contribution is 2.37. The summed E-state index contributed by atoms with van der Waals surface area (Å²) in [6.07, 6.45) is 5.00. The Labute approximate surface area is 132 Å². The molecule has 0 amide bonds. The average molecular weight is 355 g/mol. The summed E-state index contributed by atoms with van der Waals surface area (Å²) < 4.78 is 2.91. The summed E-state index contributed by atoms with van der Waals surface area (Å²) >= 11 is 9.57. The Balaban J connectivity index is 2.05. The Hall–Kier alpha value is -1.00. The van der Waals surface area contributed by atoms with Gasteiger partial charge in [0.25, 0.3) is 0 Å². The summed E-state index contributed by atoms with van der Waals surface area (Å²) in [5, 5.41) is 0.676. The van der Waals surface area contributed by atoms with E-state index in [1.165, 1.54) is 25.7 Å². The zero-order valence-electron chi connectivity index (χ0n) is 11.4. The predicted molar refractivity (Wildman–Crippen MR) is 87.0 cm³/mol. The highest BCUT2D eigenvalue weighted by Gasteiger charge is 2.24. The second-order valence-corrected chi connectivity index (χ2v) is 6.63. The Bertz CT molecular complexity index is 645. The van der Waals surface area contributed by atoms with Gasteiger partial charge < -0.3 is 10.3 Å². The minimum atomic E-state index is 0.543. The average Bonchev–Trinajstić information content (AvgIpc) is 3.04. The second-order valence-electron chi connectivity index (χ2n) is 5.37. The van der Waals surface area contributed by atoms with E-state index in [1.54, 1.807) is 0 Å². The van der Waals surface area contributed by atoms with Crippen molar-refractivity contribution in [2.24, 2.45) is 7.05 Å². The van der Waals surface area contributed by atoms with Gasteiger partial charge in [-0.1, -0.05) is 30.5 Å². The number of nitrogens with zero attached hydrogens (tertiary/aromatic N) is 2. The Morgan fingerprint density at radius 3 is 2.70 bits per heavy atom. The van der Waals surface area contributed by atoms with Crippen LogP contribution in [0.2, 0.25) is 5.02 Å². The van der Waals surface area contributed by atoms with E-state index in [2.05, 4.69) is 15.9 Å². The lowest BCUT2D eigenvalue weighted by atomic mass is 10.1. The van der Waals surface area contributed by atoms with Gasteiger partial charge in [-0.15, -0.1) is 0 Å². The van der Waals surface area contributed by atoms with Crippen LogP contribution in [-0.2, 0) is 7.05 Å². The maximum Gasteiger partial charge on any atom is 0.131 e. The van der Waals surface area contributed by atoms with Gasteiger partial charge >= 0.3 is 0 Å². The molecule has 5 heteroatoms. The molecule has 0 atom stereocenters. The van der Waals surface area contributed by atoms with Crippen LogP contribution in [0.5, 0.6) is 0 Å². The van der Waals surface area contributed by atoms with E-state index in [0.717, 1.165) is 21.6 Å². The Morgan fingerprint density at radius 1 is 1.35 bits per heavy atom. The van der Waals surface area contributed by atoms with Crippen molar-refractivity contribution in [1.29, 1.82) is 0 Å². The number of hydrogen-bond acceptors (Lipinski definition) is 2. The quantitative estimate of drug-likeness (QED) is 0.846. The van der Waals surface area contributed by atoms with Crippen molar-refractivity contribution in [2.45, 2.75) is 31.6 Å². The van der Waals surface area contributed by atoms with Gasteiger partial charge in [-0.2, -0.15) is 0 Å². The van der Waals surface area contributed by atoms with Crippen LogP contribution in [0.3, 0.4) is 0 Å². The molecule has 0 bridgehead atoms. The van der Waals surface area contributed by atoms with E-state index in [1.807, 2.05) is 29.8 Å². The summed E-state index contributed by atoms with van der Waals surface area (Å²) in [5.74, 6) is 2.36. The third-order valence-corrected chi connectivity index (χ3v) is 5.32.